The smallest absolute Gasteiger partial charge is 0.335 e. The molecule has 0 bridgehead atoms. The van der Waals surface area contributed by atoms with E-state index in [4.69, 9.17) is 28.9 Å². The number of aromatic hydroxyl groups is 1. The second-order valence-corrected chi connectivity index (χ2v) is 8.06. The van der Waals surface area contributed by atoms with E-state index in [1.165, 1.54) is 17.4 Å². The molecule has 0 amide bonds. The van der Waals surface area contributed by atoms with Crippen LogP contribution in [0.4, 0.5) is 0 Å². The Labute approximate surface area is 182 Å². The Balaban J connectivity index is 1.71. The minimum Gasteiger partial charge on any atom is -0.506 e. The van der Waals surface area contributed by atoms with E-state index in [1.54, 1.807) is 37.3 Å². The van der Waals surface area contributed by atoms with E-state index in [-0.39, 0.29) is 11.3 Å². The molecule has 1 aromatic heterocycles. The molecule has 1 heterocycles. The van der Waals surface area contributed by atoms with Crippen LogP contribution < -0.4 is 5.43 Å². The summed E-state index contributed by atoms with van der Waals surface area (Å²) in [6, 6.07) is 13.9. The van der Waals surface area contributed by atoms with Crippen molar-refractivity contribution in [1.29, 1.82) is 0 Å². The van der Waals surface area contributed by atoms with Crippen molar-refractivity contribution in [3.05, 3.63) is 75.6 Å². The summed E-state index contributed by atoms with van der Waals surface area (Å²) >= 11 is 12.7. The molecular formula is C21H17ClN2O3S2. The summed E-state index contributed by atoms with van der Waals surface area (Å²) in [7, 11) is 0. The highest BCUT2D eigenvalue weighted by Crippen LogP contribution is 2.39. The van der Waals surface area contributed by atoms with Crippen LogP contribution in [0.1, 0.15) is 28.4 Å². The van der Waals surface area contributed by atoms with Gasteiger partial charge in [-0.1, -0.05) is 48.1 Å². The minimum atomic E-state index is -0.983. The number of halogens is 1. The second kappa shape index (κ2) is 9.17. The maximum atomic E-state index is 11.1. The lowest BCUT2D eigenvalue weighted by Crippen LogP contribution is -2.19. The molecule has 29 heavy (non-hydrogen) atoms. The van der Waals surface area contributed by atoms with Gasteiger partial charge in [-0.2, -0.15) is 5.10 Å². The highest BCUT2D eigenvalue weighted by Gasteiger charge is 2.15. The minimum absolute atomic E-state index is 0.139. The van der Waals surface area contributed by atoms with Crippen molar-refractivity contribution in [1.82, 2.24) is 5.43 Å². The highest BCUT2D eigenvalue weighted by molar-refractivity contribution is 7.80. The molecular weight excluding hydrogens is 428 g/mol. The van der Waals surface area contributed by atoms with E-state index in [0.29, 0.717) is 32.6 Å². The van der Waals surface area contributed by atoms with Crippen LogP contribution >= 0.6 is 35.2 Å². The monoisotopic (exact) mass is 444 g/mol. The molecule has 0 aliphatic rings. The van der Waals surface area contributed by atoms with Crippen LogP contribution in [0.3, 0.4) is 0 Å². The fraction of sp³-hybridized carbons (Fsp3) is 0.0952. The van der Waals surface area contributed by atoms with Gasteiger partial charge in [-0.05, 0) is 42.3 Å². The number of hydrogen-bond acceptors (Lipinski definition) is 5. The number of thiocarbonyl (C=S) groups is 1. The topological polar surface area (TPSA) is 81.9 Å². The first-order valence-corrected chi connectivity index (χ1v) is 10.2. The predicted octanol–water partition coefficient (Wildman–Crippen LogP) is 5.36. The van der Waals surface area contributed by atoms with E-state index < -0.39 is 5.97 Å². The van der Waals surface area contributed by atoms with Crippen molar-refractivity contribution in [2.45, 2.75) is 13.3 Å². The molecule has 3 N–H and O–H groups in total. The molecule has 2 aromatic carbocycles. The molecule has 3 rings (SSSR count). The molecule has 3 aromatic rings. The van der Waals surface area contributed by atoms with Crippen molar-refractivity contribution < 1.29 is 15.0 Å². The number of hydrogen-bond donors (Lipinski definition) is 3. The van der Waals surface area contributed by atoms with Crippen LogP contribution in [0.2, 0.25) is 5.02 Å². The Morgan fingerprint density at radius 3 is 2.72 bits per heavy atom. The summed E-state index contributed by atoms with van der Waals surface area (Å²) in [6.07, 6.45) is 0.358. The number of carbonyl (C=O) groups is 1. The Bertz CT molecular complexity index is 1110. The molecule has 5 nitrogen and oxygen atoms in total. The van der Waals surface area contributed by atoms with Gasteiger partial charge in [0.25, 0.3) is 0 Å². The lowest BCUT2D eigenvalue weighted by atomic mass is 10.1. The zero-order chi connectivity index (χ0) is 21.0. The molecule has 0 aliphatic carbocycles. The van der Waals surface area contributed by atoms with E-state index in [9.17, 15) is 9.90 Å². The zero-order valence-corrected chi connectivity index (χ0v) is 17.7. The largest absolute Gasteiger partial charge is 0.506 e. The number of hydrazone groups is 1. The van der Waals surface area contributed by atoms with Gasteiger partial charge in [0.2, 0.25) is 0 Å². The van der Waals surface area contributed by atoms with Crippen LogP contribution in [0.25, 0.3) is 10.4 Å². The lowest BCUT2D eigenvalue weighted by molar-refractivity contribution is 0.0696. The van der Waals surface area contributed by atoms with Crippen molar-refractivity contribution in [3.63, 3.8) is 0 Å². The van der Waals surface area contributed by atoms with Gasteiger partial charge in [-0.25, -0.2) is 4.79 Å². The van der Waals surface area contributed by atoms with Crippen LogP contribution in [0.15, 0.2) is 59.0 Å². The zero-order valence-electron chi connectivity index (χ0n) is 15.3. The second-order valence-electron chi connectivity index (χ2n) is 6.25. The van der Waals surface area contributed by atoms with Gasteiger partial charge < -0.3 is 10.2 Å². The van der Waals surface area contributed by atoms with Crippen LogP contribution in [-0.2, 0) is 6.42 Å². The van der Waals surface area contributed by atoms with Gasteiger partial charge >= 0.3 is 5.97 Å². The third-order valence-electron chi connectivity index (χ3n) is 4.13. The van der Waals surface area contributed by atoms with Crippen molar-refractivity contribution >= 4 is 51.8 Å². The maximum Gasteiger partial charge on any atom is 0.335 e. The molecule has 8 heteroatoms. The molecule has 0 spiro atoms. The fourth-order valence-electron chi connectivity index (χ4n) is 2.69. The molecule has 0 saturated heterocycles. The highest BCUT2D eigenvalue weighted by atomic mass is 35.5. The van der Waals surface area contributed by atoms with E-state index in [1.807, 2.05) is 17.5 Å². The Morgan fingerprint density at radius 2 is 2.00 bits per heavy atom. The number of carboxylic acid groups (broad SMARTS) is 1. The predicted molar refractivity (Wildman–Crippen MR) is 121 cm³/mol. The first kappa shape index (κ1) is 21.0. The molecule has 0 fully saturated rings. The summed E-state index contributed by atoms with van der Waals surface area (Å²) in [5.41, 5.74) is 5.81. The van der Waals surface area contributed by atoms with Crippen LogP contribution in [0, 0.1) is 0 Å². The van der Waals surface area contributed by atoms with E-state index in [0.717, 1.165) is 11.1 Å². The van der Waals surface area contributed by atoms with Gasteiger partial charge in [0.15, 0.2) is 0 Å². The number of rotatable bonds is 6. The molecule has 0 radical (unpaired) electrons. The van der Waals surface area contributed by atoms with Gasteiger partial charge in [-0.15, -0.1) is 11.3 Å². The van der Waals surface area contributed by atoms with Crippen molar-refractivity contribution in [3.8, 4) is 16.2 Å². The number of aromatic carboxylic acids is 1. The molecule has 0 unspecified atom stereocenters. The number of nitrogens with one attached hydrogen (secondary N) is 1. The number of carboxylic acids is 1. The van der Waals surface area contributed by atoms with Gasteiger partial charge in [0.05, 0.1) is 21.7 Å². The summed E-state index contributed by atoms with van der Waals surface area (Å²) in [6.45, 7) is 1.77. The van der Waals surface area contributed by atoms with Gasteiger partial charge in [-0.3, -0.25) is 5.43 Å². The van der Waals surface area contributed by atoms with Crippen LogP contribution in [-0.4, -0.2) is 26.9 Å². The van der Waals surface area contributed by atoms with Crippen molar-refractivity contribution in [2.75, 3.05) is 0 Å². The summed E-state index contributed by atoms with van der Waals surface area (Å²) < 4.78 is 0. The Morgan fingerprint density at radius 1 is 1.24 bits per heavy atom. The SMILES string of the molecule is C/C(=N\NC(=S)Cc1cccc(C(=O)O)c1)c1csc(-c2cccc(Cl)c2)c1O. The summed E-state index contributed by atoms with van der Waals surface area (Å²) in [5.74, 6) is -0.844. The molecule has 0 atom stereocenters. The van der Waals surface area contributed by atoms with Crippen LogP contribution in [0.5, 0.6) is 5.75 Å². The normalized spacial score (nSPS) is 11.3. The Hall–Kier alpha value is -2.74. The number of thiophene rings is 1. The van der Waals surface area contributed by atoms with Gasteiger partial charge in [0.1, 0.15) is 10.7 Å². The van der Waals surface area contributed by atoms with Crippen molar-refractivity contribution in [2.24, 2.45) is 5.10 Å². The third-order valence-corrected chi connectivity index (χ3v) is 5.62. The first-order valence-electron chi connectivity index (χ1n) is 8.57. The standard InChI is InChI=1S/C21H17ClN2O3S2/c1-12(17-11-29-20(19(17)25)14-5-3-7-16(22)10-14)23-24-18(28)9-13-4-2-6-15(8-13)21(26)27/h2-8,10-11,25H,9H2,1H3,(H,24,28)(H,26,27)/b23-12+. The fourth-order valence-corrected chi connectivity index (χ4v) is 4.09. The van der Waals surface area contributed by atoms with E-state index >= 15 is 0 Å². The number of benzene rings is 2. The maximum absolute atomic E-state index is 11.1. The van der Waals surface area contributed by atoms with E-state index in [2.05, 4.69) is 10.5 Å². The molecule has 148 valence electrons. The molecule has 0 aliphatic heterocycles. The Kier molecular flexibility index (Phi) is 6.64. The third kappa shape index (κ3) is 5.20. The summed E-state index contributed by atoms with van der Waals surface area (Å²) in [4.78, 5) is 12.2. The first-order chi connectivity index (χ1) is 13.8. The average Bonchev–Trinajstić information content (AvgIpc) is 3.08. The quantitative estimate of drug-likeness (QED) is 0.271. The van der Waals surface area contributed by atoms with Gasteiger partial charge in [0, 0.05) is 16.8 Å². The summed E-state index contributed by atoms with van der Waals surface area (Å²) in [5, 5.41) is 26.4. The average molecular weight is 445 g/mol. The number of nitrogens with zero attached hydrogens (tertiary/aromatic N) is 1. The molecule has 0 saturated carbocycles. The lowest BCUT2D eigenvalue weighted by Gasteiger charge is -2.06.